The molecule has 0 aliphatic rings. The molecule has 156 valence electrons. The maximum atomic E-state index is 12.5. The van der Waals surface area contributed by atoms with Crippen molar-refractivity contribution in [3.63, 3.8) is 0 Å². The van der Waals surface area contributed by atoms with Gasteiger partial charge in [-0.3, -0.25) is 9.59 Å². The molecule has 0 unspecified atom stereocenters. The number of hydrogen-bond donors (Lipinski definition) is 1. The van der Waals surface area contributed by atoms with E-state index in [9.17, 15) is 9.59 Å². The number of nitrogens with two attached hydrogens (primary N) is 1. The lowest BCUT2D eigenvalue weighted by atomic mass is 9.97. The fourth-order valence-corrected chi connectivity index (χ4v) is 2.82. The molecular formula is C23H29NO5. The molecule has 6 heteroatoms. The summed E-state index contributed by atoms with van der Waals surface area (Å²) in [5, 5.41) is 0. The van der Waals surface area contributed by atoms with E-state index in [0.29, 0.717) is 18.0 Å². The predicted octanol–water partition coefficient (Wildman–Crippen LogP) is 3.83. The van der Waals surface area contributed by atoms with Crippen LogP contribution in [0.25, 0.3) is 0 Å². The molecule has 0 aromatic heterocycles. The highest BCUT2D eigenvalue weighted by Gasteiger charge is 2.32. The van der Waals surface area contributed by atoms with Gasteiger partial charge in [0.05, 0.1) is 12.8 Å². The lowest BCUT2D eigenvalue weighted by molar-refractivity contribution is -0.168. The second kappa shape index (κ2) is 9.45. The van der Waals surface area contributed by atoms with E-state index >= 15 is 0 Å². The first-order valence-electron chi connectivity index (χ1n) is 9.47. The van der Waals surface area contributed by atoms with Crippen molar-refractivity contribution in [2.24, 2.45) is 5.92 Å². The first kappa shape index (κ1) is 22.3. The third kappa shape index (κ3) is 6.52. The summed E-state index contributed by atoms with van der Waals surface area (Å²) < 4.78 is 16.1. The van der Waals surface area contributed by atoms with Gasteiger partial charge in [-0.25, -0.2) is 0 Å². The smallest absolute Gasteiger partial charge is 0.321 e. The van der Waals surface area contributed by atoms with Crippen molar-refractivity contribution in [3.05, 3.63) is 59.2 Å². The van der Waals surface area contributed by atoms with Crippen LogP contribution in [0, 0.1) is 12.8 Å². The number of nitrogen functional groups attached to an aromatic ring is 1. The van der Waals surface area contributed by atoms with Gasteiger partial charge in [0.1, 0.15) is 18.0 Å². The van der Waals surface area contributed by atoms with Crippen molar-refractivity contribution in [3.8, 4) is 5.75 Å². The average molecular weight is 399 g/mol. The van der Waals surface area contributed by atoms with Crippen molar-refractivity contribution in [1.82, 2.24) is 0 Å². The molecular weight excluding hydrogens is 370 g/mol. The second-order valence-corrected chi connectivity index (χ2v) is 7.91. The highest BCUT2D eigenvalue weighted by Crippen LogP contribution is 2.29. The Hall–Kier alpha value is -3.02. The van der Waals surface area contributed by atoms with Gasteiger partial charge in [0.15, 0.2) is 5.92 Å². The monoisotopic (exact) mass is 399 g/mol. The summed E-state index contributed by atoms with van der Waals surface area (Å²) in [6.07, 6.45) is 0.129. The Morgan fingerprint density at radius 1 is 1.03 bits per heavy atom. The van der Waals surface area contributed by atoms with E-state index < -0.39 is 23.5 Å². The largest absolute Gasteiger partial charge is 0.487 e. The van der Waals surface area contributed by atoms with Crippen LogP contribution < -0.4 is 10.5 Å². The van der Waals surface area contributed by atoms with Crippen LogP contribution >= 0.6 is 0 Å². The first-order chi connectivity index (χ1) is 13.6. The van der Waals surface area contributed by atoms with Crippen LogP contribution in [0.4, 0.5) is 5.69 Å². The van der Waals surface area contributed by atoms with Gasteiger partial charge in [-0.2, -0.15) is 0 Å². The molecule has 0 spiro atoms. The fourth-order valence-electron chi connectivity index (χ4n) is 2.82. The van der Waals surface area contributed by atoms with Gasteiger partial charge in [0, 0.05) is 0 Å². The Morgan fingerprint density at radius 2 is 1.69 bits per heavy atom. The van der Waals surface area contributed by atoms with E-state index in [1.165, 1.54) is 7.11 Å². The normalized spacial score (nSPS) is 12.2. The van der Waals surface area contributed by atoms with E-state index in [0.717, 1.165) is 16.7 Å². The van der Waals surface area contributed by atoms with Gasteiger partial charge in [-0.1, -0.05) is 36.4 Å². The van der Waals surface area contributed by atoms with Crippen molar-refractivity contribution in [2.75, 3.05) is 12.8 Å². The maximum absolute atomic E-state index is 12.5. The predicted molar refractivity (Wildman–Crippen MR) is 111 cm³/mol. The number of aryl methyl sites for hydroxylation is 1. The van der Waals surface area contributed by atoms with E-state index in [1.807, 2.05) is 43.3 Å². The second-order valence-electron chi connectivity index (χ2n) is 7.91. The number of carbonyl (C=O) groups is 2. The minimum Gasteiger partial charge on any atom is -0.487 e. The van der Waals surface area contributed by atoms with Crippen LogP contribution in [0.15, 0.2) is 42.5 Å². The van der Waals surface area contributed by atoms with Crippen LogP contribution in [-0.4, -0.2) is 24.6 Å². The topological polar surface area (TPSA) is 87.9 Å². The number of hydrogen-bond acceptors (Lipinski definition) is 6. The summed E-state index contributed by atoms with van der Waals surface area (Å²) in [5.74, 6) is -1.81. The van der Waals surface area contributed by atoms with Crippen LogP contribution in [-0.2, 0) is 32.1 Å². The molecule has 0 aliphatic heterocycles. The fraction of sp³-hybridized carbons (Fsp3) is 0.391. The van der Waals surface area contributed by atoms with Gasteiger partial charge in [-0.15, -0.1) is 0 Å². The number of methoxy groups -OCH3 is 1. The van der Waals surface area contributed by atoms with Crippen molar-refractivity contribution >= 4 is 17.6 Å². The van der Waals surface area contributed by atoms with Crippen LogP contribution in [0.3, 0.4) is 0 Å². The summed E-state index contributed by atoms with van der Waals surface area (Å²) in [5.41, 5.74) is 8.54. The molecule has 29 heavy (non-hydrogen) atoms. The highest BCUT2D eigenvalue weighted by atomic mass is 16.6. The number of anilines is 1. The quantitative estimate of drug-likeness (QED) is 0.432. The Morgan fingerprint density at radius 3 is 2.28 bits per heavy atom. The molecule has 2 aromatic rings. The number of esters is 2. The van der Waals surface area contributed by atoms with Crippen LogP contribution in [0.5, 0.6) is 5.75 Å². The molecule has 2 N–H and O–H groups in total. The molecule has 0 heterocycles. The lowest BCUT2D eigenvalue weighted by Crippen LogP contribution is -2.34. The summed E-state index contributed by atoms with van der Waals surface area (Å²) in [4.78, 5) is 24.7. The standard InChI is InChI=1S/C23H29NO5/c1-15-11-17(12-18(21(25)27-5)22(26)29-23(2,3)4)13-19(20(15)24)28-14-16-9-7-6-8-10-16/h6-11,13,18H,12,14,24H2,1-5H3/t18-/m1/s1. The number of benzene rings is 2. The van der Waals surface area contributed by atoms with Crippen molar-refractivity contribution in [2.45, 2.75) is 46.3 Å². The molecule has 0 amide bonds. The molecule has 0 saturated heterocycles. The third-order valence-electron chi connectivity index (χ3n) is 4.26. The molecule has 0 radical (unpaired) electrons. The first-order valence-corrected chi connectivity index (χ1v) is 9.47. The zero-order chi connectivity index (χ0) is 21.6. The van der Waals surface area contributed by atoms with Crippen molar-refractivity contribution < 1.29 is 23.8 Å². The van der Waals surface area contributed by atoms with Gasteiger partial charge in [0.25, 0.3) is 0 Å². The molecule has 1 atom stereocenters. The average Bonchev–Trinajstić information content (AvgIpc) is 2.66. The lowest BCUT2D eigenvalue weighted by Gasteiger charge is -2.23. The van der Waals surface area contributed by atoms with Gasteiger partial charge < -0.3 is 19.9 Å². The molecule has 6 nitrogen and oxygen atoms in total. The maximum Gasteiger partial charge on any atom is 0.321 e. The number of rotatable bonds is 7. The Bertz CT molecular complexity index is 856. The van der Waals surface area contributed by atoms with E-state index in [2.05, 4.69) is 0 Å². The molecule has 2 aromatic carbocycles. The van der Waals surface area contributed by atoms with Crippen LogP contribution in [0.2, 0.25) is 0 Å². The minimum absolute atomic E-state index is 0.129. The Kier molecular flexibility index (Phi) is 7.26. The van der Waals surface area contributed by atoms with Crippen LogP contribution in [0.1, 0.15) is 37.5 Å². The van der Waals surface area contributed by atoms with E-state index in [4.69, 9.17) is 19.9 Å². The van der Waals surface area contributed by atoms with E-state index in [1.54, 1.807) is 26.8 Å². The Balaban J connectivity index is 2.24. The highest BCUT2D eigenvalue weighted by molar-refractivity contribution is 5.95. The molecule has 2 rings (SSSR count). The van der Waals surface area contributed by atoms with E-state index in [-0.39, 0.29) is 6.42 Å². The van der Waals surface area contributed by atoms with Gasteiger partial charge in [-0.05, 0) is 56.9 Å². The number of carbonyl (C=O) groups excluding carboxylic acids is 2. The summed E-state index contributed by atoms with van der Waals surface area (Å²) in [6.45, 7) is 7.47. The molecule has 0 fully saturated rings. The van der Waals surface area contributed by atoms with Gasteiger partial charge in [0.2, 0.25) is 0 Å². The number of ether oxygens (including phenoxy) is 3. The minimum atomic E-state index is -1.07. The SMILES string of the molecule is COC(=O)[C@@H](Cc1cc(C)c(N)c(OCc2ccccc2)c1)C(=O)OC(C)(C)C. The zero-order valence-corrected chi connectivity index (χ0v) is 17.7. The summed E-state index contributed by atoms with van der Waals surface area (Å²) >= 11 is 0. The molecule has 0 saturated carbocycles. The third-order valence-corrected chi connectivity index (χ3v) is 4.26. The van der Waals surface area contributed by atoms with Gasteiger partial charge >= 0.3 is 11.9 Å². The molecule has 0 aliphatic carbocycles. The molecule has 0 bridgehead atoms. The zero-order valence-electron chi connectivity index (χ0n) is 17.7. The summed E-state index contributed by atoms with van der Waals surface area (Å²) in [7, 11) is 1.25. The van der Waals surface area contributed by atoms with Crippen molar-refractivity contribution in [1.29, 1.82) is 0 Å². The Labute approximate surface area is 172 Å². The summed E-state index contributed by atoms with van der Waals surface area (Å²) in [6, 6.07) is 13.3.